The molecule has 6 heteroatoms. The Hall–Kier alpha value is -2.34. The zero-order valence-corrected chi connectivity index (χ0v) is 13.0. The van der Waals surface area contributed by atoms with Gasteiger partial charge < -0.3 is 24.5 Å². The molecule has 0 saturated carbocycles. The van der Waals surface area contributed by atoms with E-state index in [9.17, 15) is 15.3 Å². The summed E-state index contributed by atoms with van der Waals surface area (Å²) in [4.78, 5) is 0. The van der Waals surface area contributed by atoms with Crippen molar-refractivity contribution >= 4 is 26.9 Å². The van der Waals surface area contributed by atoms with Crippen molar-refractivity contribution in [2.24, 2.45) is 0 Å². The highest BCUT2D eigenvalue weighted by Gasteiger charge is 2.12. The van der Waals surface area contributed by atoms with E-state index < -0.39 is 0 Å². The first-order valence-electron chi connectivity index (χ1n) is 6.60. The number of hydrogen-bond acceptors (Lipinski definition) is 5. The third-order valence-electron chi connectivity index (χ3n) is 3.24. The molecule has 0 aliphatic heterocycles. The molecule has 3 N–H and O–H groups in total. The molecule has 0 saturated heterocycles. The van der Waals surface area contributed by atoms with E-state index in [4.69, 9.17) is 9.15 Å². The quantitative estimate of drug-likeness (QED) is 0.610. The van der Waals surface area contributed by atoms with Gasteiger partial charge in [0.1, 0.15) is 16.0 Å². The number of ether oxygens (including phenoxy) is 1. The van der Waals surface area contributed by atoms with E-state index >= 15 is 0 Å². The van der Waals surface area contributed by atoms with Crippen LogP contribution in [-0.4, -0.2) is 21.9 Å². The third-order valence-corrected chi connectivity index (χ3v) is 4.01. The molecular formula is C16H13BrO5. The second-order valence-electron chi connectivity index (χ2n) is 4.75. The van der Waals surface area contributed by atoms with Crippen LogP contribution in [0, 0.1) is 0 Å². The van der Waals surface area contributed by atoms with Crippen LogP contribution in [0.15, 0.2) is 45.3 Å². The summed E-state index contributed by atoms with van der Waals surface area (Å²) in [6.45, 7) is 0.323. The highest BCUT2D eigenvalue weighted by atomic mass is 79.9. The lowest BCUT2D eigenvalue weighted by molar-refractivity contribution is 0.305. The number of para-hydroxylation sites is 1. The number of rotatable bonds is 4. The van der Waals surface area contributed by atoms with Crippen molar-refractivity contribution in [1.29, 1.82) is 0 Å². The van der Waals surface area contributed by atoms with Gasteiger partial charge in [0.2, 0.25) is 0 Å². The van der Waals surface area contributed by atoms with Gasteiger partial charge in [-0.2, -0.15) is 0 Å². The largest absolute Gasteiger partial charge is 0.504 e. The standard InChI is InChI=1S/C16H13BrO5/c17-14-13(5-4-11(18)15(14)20)21-7-6-10-8-9-2-1-3-12(19)16(9)22-10/h1-5,8,18-20H,6-7H2. The van der Waals surface area contributed by atoms with E-state index in [1.165, 1.54) is 6.07 Å². The van der Waals surface area contributed by atoms with Crippen LogP contribution >= 0.6 is 15.9 Å². The Morgan fingerprint density at radius 2 is 1.86 bits per heavy atom. The van der Waals surface area contributed by atoms with Gasteiger partial charge in [-0.3, -0.25) is 0 Å². The molecule has 0 unspecified atom stereocenters. The van der Waals surface area contributed by atoms with Crippen LogP contribution in [0.5, 0.6) is 23.0 Å². The van der Waals surface area contributed by atoms with Crippen LogP contribution in [-0.2, 0) is 6.42 Å². The highest BCUT2D eigenvalue weighted by Crippen LogP contribution is 2.40. The molecule has 2 aromatic carbocycles. The molecule has 1 heterocycles. The predicted octanol–water partition coefficient (Wildman–Crippen LogP) is 3.93. The van der Waals surface area contributed by atoms with E-state index in [2.05, 4.69) is 15.9 Å². The van der Waals surface area contributed by atoms with Gasteiger partial charge in [-0.05, 0) is 40.2 Å². The van der Waals surface area contributed by atoms with E-state index in [1.807, 2.05) is 12.1 Å². The summed E-state index contributed by atoms with van der Waals surface area (Å²) in [7, 11) is 0. The van der Waals surface area contributed by atoms with Crippen molar-refractivity contribution in [3.63, 3.8) is 0 Å². The van der Waals surface area contributed by atoms with E-state index in [1.54, 1.807) is 18.2 Å². The molecule has 0 spiro atoms. The van der Waals surface area contributed by atoms with Gasteiger partial charge in [0.15, 0.2) is 22.8 Å². The Bertz CT molecular complexity index is 825. The minimum Gasteiger partial charge on any atom is -0.504 e. The Kier molecular flexibility index (Phi) is 3.85. The molecule has 0 radical (unpaired) electrons. The average Bonchev–Trinajstić information content (AvgIpc) is 2.92. The fourth-order valence-corrected chi connectivity index (χ4v) is 2.58. The predicted molar refractivity (Wildman–Crippen MR) is 84.5 cm³/mol. The maximum Gasteiger partial charge on any atom is 0.175 e. The number of halogens is 1. The first-order chi connectivity index (χ1) is 10.6. The van der Waals surface area contributed by atoms with Gasteiger partial charge in [0.25, 0.3) is 0 Å². The summed E-state index contributed by atoms with van der Waals surface area (Å²) in [5.41, 5.74) is 0.459. The number of furan rings is 1. The summed E-state index contributed by atoms with van der Waals surface area (Å²) < 4.78 is 11.4. The number of aromatic hydroxyl groups is 3. The minimum absolute atomic E-state index is 0.107. The fourth-order valence-electron chi connectivity index (χ4n) is 2.13. The van der Waals surface area contributed by atoms with Gasteiger partial charge in [-0.25, -0.2) is 0 Å². The molecule has 0 aliphatic rings. The maximum atomic E-state index is 9.70. The van der Waals surface area contributed by atoms with Crippen molar-refractivity contribution in [2.75, 3.05) is 6.61 Å². The first-order valence-corrected chi connectivity index (χ1v) is 7.39. The SMILES string of the molecule is Oc1ccc(OCCc2cc3cccc(O)c3o2)c(Br)c1O. The Morgan fingerprint density at radius 3 is 2.64 bits per heavy atom. The van der Waals surface area contributed by atoms with Crippen LogP contribution < -0.4 is 4.74 Å². The van der Waals surface area contributed by atoms with Crippen LogP contribution in [0.25, 0.3) is 11.0 Å². The summed E-state index contributed by atoms with van der Waals surface area (Å²) in [5, 5.41) is 29.5. The Morgan fingerprint density at radius 1 is 1.05 bits per heavy atom. The zero-order valence-electron chi connectivity index (χ0n) is 11.4. The topological polar surface area (TPSA) is 83.1 Å². The average molecular weight is 365 g/mol. The summed E-state index contributed by atoms with van der Waals surface area (Å²) >= 11 is 3.16. The first kappa shape index (κ1) is 14.6. The molecule has 3 aromatic rings. The molecular weight excluding hydrogens is 352 g/mol. The van der Waals surface area contributed by atoms with Crippen LogP contribution in [0.2, 0.25) is 0 Å². The normalized spacial score (nSPS) is 11.0. The molecule has 0 fully saturated rings. The molecule has 22 heavy (non-hydrogen) atoms. The molecule has 0 aliphatic carbocycles. The Labute approximate surface area is 134 Å². The lowest BCUT2D eigenvalue weighted by atomic mass is 10.2. The van der Waals surface area contributed by atoms with Crippen LogP contribution in [0.1, 0.15) is 5.76 Å². The van der Waals surface area contributed by atoms with Crippen molar-refractivity contribution < 1.29 is 24.5 Å². The summed E-state index contributed by atoms with van der Waals surface area (Å²) in [5.74, 6) is 0.749. The molecule has 3 rings (SSSR count). The Balaban J connectivity index is 1.70. The van der Waals surface area contributed by atoms with Crippen molar-refractivity contribution in [3.8, 4) is 23.0 Å². The van der Waals surface area contributed by atoms with E-state index in [0.29, 0.717) is 34.6 Å². The van der Waals surface area contributed by atoms with Gasteiger partial charge in [-0.15, -0.1) is 0 Å². The van der Waals surface area contributed by atoms with E-state index in [-0.39, 0.29) is 17.2 Å². The van der Waals surface area contributed by atoms with Crippen molar-refractivity contribution in [2.45, 2.75) is 6.42 Å². The van der Waals surface area contributed by atoms with E-state index in [0.717, 1.165) is 5.39 Å². The molecule has 0 bridgehead atoms. The smallest absolute Gasteiger partial charge is 0.175 e. The monoisotopic (exact) mass is 364 g/mol. The van der Waals surface area contributed by atoms with Gasteiger partial charge in [0, 0.05) is 11.8 Å². The highest BCUT2D eigenvalue weighted by molar-refractivity contribution is 9.10. The molecule has 0 amide bonds. The molecule has 1 aromatic heterocycles. The number of fused-ring (bicyclic) bond motifs is 1. The number of hydrogen-bond donors (Lipinski definition) is 3. The van der Waals surface area contributed by atoms with Crippen molar-refractivity contribution in [1.82, 2.24) is 0 Å². The summed E-state index contributed by atoms with van der Waals surface area (Å²) in [6, 6.07) is 9.95. The number of phenolic OH excluding ortho intramolecular Hbond substituents is 3. The molecule has 0 atom stereocenters. The van der Waals surface area contributed by atoms with Gasteiger partial charge in [0.05, 0.1) is 6.61 Å². The lowest BCUT2D eigenvalue weighted by Gasteiger charge is -2.09. The van der Waals surface area contributed by atoms with Crippen LogP contribution in [0.3, 0.4) is 0 Å². The van der Waals surface area contributed by atoms with Gasteiger partial charge >= 0.3 is 0 Å². The molecule has 5 nitrogen and oxygen atoms in total. The maximum absolute atomic E-state index is 9.70. The van der Waals surface area contributed by atoms with Crippen molar-refractivity contribution in [3.05, 3.63) is 46.6 Å². The zero-order chi connectivity index (χ0) is 15.7. The van der Waals surface area contributed by atoms with Crippen LogP contribution in [0.4, 0.5) is 0 Å². The lowest BCUT2D eigenvalue weighted by Crippen LogP contribution is -2.01. The fraction of sp³-hybridized carbons (Fsp3) is 0.125. The second kappa shape index (κ2) is 5.81. The summed E-state index contributed by atoms with van der Waals surface area (Å²) in [6.07, 6.45) is 0.502. The van der Waals surface area contributed by atoms with Gasteiger partial charge in [-0.1, -0.05) is 12.1 Å². The second-order valence-corrected chi connectivity index (χ2v) is 5.55. The molecule has 114 valence electrons. The number of phenols is 3. The number of benzene rings is 2. The minimum atomic E-state index is -0.258. The third kappa shape index (κ3) is 2.69.